The van der Waals surface area contributed by atoms with Gasteiger partial charge in [-0.15, -0.1) is 5.54 Å². The van der Waals surface area contributed by atoms with Crippen molar-refractivity contribution in [3.8, 4) is 0 Å². The zero-order valence-electron chi connectivity index (χ0n) is 10.8. The molecule has 0 aromatic carbocycles. The molecule has 2 aliphatic rings. The Balaban J connectivity index is 0.000000301. The van der Waals surface area contributed by atoms with Crippen LogP contribution >= 0.6 is 18.6 Å². The summed E-state index contributed by atoms with van der Waals surface area (Å²) in [5.74, 6) is 0. The summed E-state index contributed by atoms with van der Waals surface area (Å²) in [6, 6.07) is 3.17. The summed E-state index contributed by atoms with van der Waals surface area (Å²) in [6.45, 7) is 6.35. The van der Waals surface area contributed by atoms with Gasteiger partial charge in [-0.05, 0) is 6.42 Å². The number of rotatable bonds is 1. The summed E-state index contributed by atoms with van der Waals surface area (Å²) in [4.78, 5) is 0. The zero-order valence-corrected chi connectivity index (χ0v) is 15.1. The zero-order chi connectivity index (χ0) is 13.1. The second-order valence-corrected chi connectivity index (χ2v) is 9.18. The summed E-state index contributed by atoms with van der Waals surface area (Å²) >= 11 is -0.556. The van der Waals surface area contributed by atoms with Crippen molar-refractivity contribution < 1.29 is 17.0 Å². The molecule has 1 heterocycles. The molecule has 2 rings (SSSR count). The Morgan fingerprint density at radius 3 is 2.00 bits per heavy atom. The van der Waals surface area contributed by atoms with Crippen molar-refractivity contribution in [3.05, 3.63) is 29.2 Å². The molecular weight excluding hydrogens is 305 g/mol. The topological polar surface area (TPSA) is 14.1 Å². The third kappa shape index (κ3) is 13.0. The molecule has 0 N–H and O–H groups in total. The molecule has 17 heavy (non-hydrogen) atoms. The van der Waals surface area contributed by atoms with Gasteiger partial charge in [-0.3, -0.25) is 0 Å². The number of allylic oxidation sites excluding steroid dienone is 3. The monoisotopic (exact) mass is 325 g/mol. The van der Waals surface area contributed by atoms with Crippen LogP contribution in [0.3, 0.4) is 0 Å². The standard InChI is InChI=1S/C9H14N.C3H7Si.2ClH.Ti/c1-9(2,3)10-8-6-4-5-7-8;1-2-4-3-1;;;/h4-6H,7H2,1-3H3;4H,1-3H2;2*1H;/q-1;;;;+2/p-2. The Hall–Kier alpha value is 0.791. The normalized spacial score (nSPS) is 16.6. The molecule has 0 bridgehead atoms. The molecule has 1 aliphatic heterocycles. The summed E-state index contributed by atoms with van der Waals surface area (Å²) in [7, 11) is 10.7. The Labute approximate surface area is 125 Å². The van der Waals surface area contributed by atoms with E-state index in [-0.39, 0.29) is 5.54 Å². The van der Waals surface area contributed by atoms with Gasteiger partial charge in [-0.25, -0.2) is 0 Å². The van der Waals surface area contributed by atoms with Gasteiger partial charge in [0, 0.05) is 9.52 Å². The second kappa shape index (κ2) is 10.7. The molecule has 0 unspecified atom stereocenters. The van der Waals surface area contributed by atoms with Crippen LogP contribution in [0.4, 0.5) is 0 Å². The molecule has 0 aromatic rings. The summed E-state index contributed by atoms with van der Waals surface area (Å²) in [5, 5.41) is 4.51. The predicted octanol–water partition coefficient (Wildman–Crippen LogP) is 5.04. The molecule has 0 saturated carbocycles. The summed E-state index contributed by atoms with van der Waals surface area (Å²) < 4.78 is 0. The average Bonchev–Trinajstić information content (AvgIpc) is 2.51. The van der Waals surface area contributed by atoms with Crippen LogP contribution in [0, 0.1) is 0 Å². The molecule has 1 aliphatic carbocycles. The van der Waals surface area contributed by atoms with Crippen LogP contribution in [-0.4, -0.2) is 15.1 Å². The van der Waals surface area contributed by atoms with Crippen LogP contribution in [0.15, 0.2) is 23.9 Å². The van der Waals surface area contributed by atoms with E-state index in [4.69, 9.17) is 18.6 Å². The maximum absolute atomic E-state index is 4.89. The fourth-order valence-corrected chi connectivity index (χ4v) is 1.56. The number of hydrogen-bond donors (Lipinski definition) is 0. The van der Waals surface area contributed by atoms with Crippen molar-refractivity contribution in [2.45, 2.75) is 51.2 Å². The molecule has 0 aromatic heterocycles. The van der Waals surface area contributed by atoms with Crippen molar-refractivity contribution in [3.63, 3.8) is 0 Å². The van der Waals surface area contributed by atoms with E-state index in [9.17, 15) is 0 Å². The molecule has 1 saturated heterocycles. The number of hydrogen-bond acceptors (Lipinski definition) is 0. The molecule has 5 heteroatoms. The van der Waals surface area contributed by atoms with Crippen LogP contribution < -0.4 is 0 Å². The van der Waals surface area contributed by atoms with Crippen LogP contribution in [0.25, 0.3) is 5.32 Å². The van der Waals surface area contributed by atoms with E-state index < -0.39 is 17.0 Å². The van der Waals surface area contributed by atoms with E-state index in [0.29, 0.717) is 0 Å². The van der Waals surface area contributed by atoms with E-state index in [1.165, 1.54) is 12.1 Å². The van der Waals surface area contributed by atoms with Gasteiger partial charge >= 0.3 is 35.6 Å². The molecule has 0 amide bonds. The van der Waals surface area contributed by atoms with Crippen LogP contribution in [0.5, 0.6) is 0 Å². The number of halogens is 2. The minimum absolute atomic E-state index is 0.0812. The van der Waals surface area contributed by atoms with Gasteiger partial charge in [-0.2, -0.15) is 5.70 Å². The third-order valence-electron chi connectivity index (χ3n) is 2.05. The van der Waals surface area contributed by atoms with Gasteiger partial charge < -0.3 is 5.32 Å². The molecular formula is C12H21Cl2NSiTi-. The Kier molecular flexibility index (Phi) is 11.2. The second-order valence-electron chi connectivity index (χ2n) is 4.86. The maximum atomic E-state index is 4.89. The fourth-order valence-electron chi connectivity index (χ4n) is 1.15. The van der Waals surface area contributed by atoms with Crippen molar-refractivity contribution in [2.24, 2.45) is 0 Å². The Bertz CT molecular complexity index is 241. The van der Waals surface area contributed by atoms with Gasteiger partial charge in [0.15, 0.2) is 0 Å². The van der Waals surface area contributed by atoms with Crippen LogP contribution in [0.2, 0.25) is 12.1 Å². The van der Waals surface area contributed by atoms with Crippen molar-refractivity contribution in [2.75, 3.05) is 0 Å². The average molecular weight is 326 g/mol. The van der Waals surface area contributed by atoms with Gasteiger partial charge in [0.25, 0.3) is 0 Å². The quantitative estimate of drug-likeness (QED) is 0.599. The van der Waals surface area contributed by atoms with E-state index in [1.54, 1.807) is 12.1 Å². The molecule has 0 spiro atoms. The van der Waals surface area contributed by atoms with Crippen molar-refractivity contribution in [1.29, 1.82) is 0 Å². The first-order valence-corrected chi connectivity index (χ1v) is 11.8. The number of nitrogens with zero attached hydrogens (tertiary/aromatic N) is 1. The molecule has 0 atom stereocenters. The van der Waals surface area contributed by atoms with Crippen LogP contribution in [0.1, 0.15) is 33.6 Å². The molecule has 1 radical (unpaired) electrons. The SMILES string of the molecule is C1C[SiH]C1.CC(C)(C)[N-]C1=CC=CC1.[Cl][Ti][Cl]. The van der Waals surface area contributed by atoms with Crippen LogP contribution in [-0.2, 0) is 17.0 Å². The first-order chi connectivity index (χ1) is 7.99. The minimum atomic E-state index is -0.556. The van der Waals surface area contributed by atoms with Gasteiger partial charge in [0.1, 0.15) is 0 Å². The van der Waals surface area contributed by atoms with E-state index in [2.05, 4.69) is 44.3 Å². The predicted molar refractivity (Wildman–Crippen MR) is 78.0 cm³/mol. The molecule has 1 fully saturated rings. The Morgan fingerprint density at radius 1 is 1.29 bits per heavy atom. The first kappa shape index (κ1) is 17.8. The van der Waals surface area contributed by atoms with E-state index in [0.717, 1.165) is 15.9 Å². The Morgan fingerprint density at radius 2 is 1.76 bits per heavy atom. The van der Waals surface area contributed by atoms with Gasteiger partial charge in [0.05, 0.1) is 0 Å². The van der Waals surface area contributed by atoms with Gasteiger partial charge in [0.2, 0.25) is 0 Å². The summed E-state index contributed by atoms with van der Waals surface area (Å²) in [6.07, 6.45) is 8.81. The summed E-state index contributed by atoms with van der Waals surface area (Å²) in [5.41, 5.74) is 1.28. The molecule has 97 valence electrons. The fraction of sp³-hybridized carbons (Fsp3) is 0.667. The van der Waals surface area contributed by atoms with E-state index in [1.807, 2.05) is 0 Å². The van der Waals surface area contributed by atoms with E-state index >= 15 is 0 Å². The molecule has 1 nitrogen and oxygen atoms in total. The van der Waals surface area contributed by atoms with Gasteiger partial charge in [-0.1, -0.05) is 57.5 Å². The third-order valence-corrected chi connectivity index (χ3v) is 3.68. The van der Waals surface area contributed by atoms with Crippen molar-refractivity contribution in [1.82, 2.24) is 0 Å². The first-order valence-electron chi connectivity index (χ1n) is 5.86. The van der Waals surface area contributed by atoms with Crippen molar-refractivity contribution >= 4 is 28.1 Å².